The number of carbonyl (C=O) groups is 2. The van der Waals surface area contributed by atoms with Crippen molar-refractivity contribution in [1.82, 2.24) is 10.2 Å². The van der Waals surface area contributed by atoms with Gasteiger partial charge < -0.3 is 15.3 Å². The highest BCUT2D eigenvalue weighted by Crippen LogP contribution is 2.21. The Morgan fingerprint density at radius 2 is 2.04 bits per heavy atom. The molecule has 0 aromatic heterocycles. The Morgan fingerprint density at radius 3 is 2.67 bits per heavy atom. The van der Waals surface area contributed by atoms with Crippen LogP contribution in [0.4, 0.5) is 0 Å². The third-order valence-corrected chi connectivity index (χ3v) is 4.97. The number of aliphatic hydroxyl groups is 1. The van der Waals surface area contributed by atoms with E-state index in [-0.39, 0.29) is 24.3 Å². The number of aliphatic hydroxyl groups excluding tert-OH is 1. The SMILES string of the molecule is CCC(C)(CCO)NC(=O)C1CCCN(C(=O)c2ccccc2)C1. The molecule has 24 heavy (non-hydrogen) atoms. The van der Waals surface area contributed by atoms with Crippen LogP contribution in [0, 0.1) is 5.92 Å². The predicted octanol–water partition coefficient (Wildman–Crippen LogP) is 2.21. The number of hydrogen-bond acceptors (Lipinski definition) is 3. The average molecular weight is 332 g/mol. The zero-order valence-corrected chi connectivity index (χ0v) is 14.6. The Labute approximate surface area is 144 Å². The first kappa shape index (κ1) is 18.5. The highest BCUT2D eigenvalue weighted by Gasteiger charge is 2.32. The summed E-state index contributed by atoms with van der Waals surface area (Å²) in [6, 6.07) is 9.20. The molecule has 1 aliphatic rings. The lowest BCUT2D eigenvalue weighted by Gasteiger charge is -2.35. The van der Waals surface area contributed by atoms with Gasteiger partial charge in [-0.15, -0.1) is 0 Å². The molecule has 1 aromatic carbocycles. The molecule has 1 fully saturated rings. The van der Waals surface area contributed by atoms with E-state index in [9.17, 15) is 14.7 Å². The quantitative estimate of drug-likeness (QED) is 0.839. The van der Waals surface area contributed by atoms with Crippen LogP contribution < -0.4 is 5.32 Å². The summed E-state index contributed by atoms with van der Waals surface area (Å²) in [5, 5.41) is 12.3. The van der Waals surface area contributed by atoms with Gasteiger partial charge in [0.2, 0.25) is 5.91 Å². The Hall–Kier alpha value is -1.88. The van der Waals surface area contributed by atoms with E-state index >= 15 is 0 Å². The molecule has 132 valence electrons. The van der Waals surface area contributed by atoms with Crippen LogP contribution in [0.5, 0.6) is 0 Å². The van der Waals surface area contributed by atoms with Crippen molar-refractivity contribution in [3.05, 3.63) is 35.9 Å². The maximum atomic E-state index is 12.6. The first-order chi connectivity index (χ1) is 11.5. The van der Waals surface area contributed by atoms with Crippen LogP contribution >= 0.6 is 0 Å². The predicted molar refractivity (Wildman–Crippen MR) is 93.6 cm³/mol. The van der Waals surface area contributed by atoms with Gasteiger partial charge in [-0.3, -0.25) is 9.59 Å². The van der Waals surface area contributed by atoms with Crippen LogP contribution in [-0.2, 0) is 4.79 Å². The monoisotopic (exact) mass is 332 g/mol. The van der Waals surface area contributed by atoms with E-state index in [1.807, 2.05) is 32.0 Å². The molecular formula is C19H28N2O3. The highest BCUT2D eigenvalue weighted by molar-refractivity contribution is 5.94. The fourth-order valence-corrected chi connectivity index (χ4v) is 3.11. The van der Waals surface area contributed by atoms with E-state index in [1.165, 1.54) is 0 Å². The third kappa shape index (κ3) is 4.57. The molecule has 0 radical (unpaired) electrons. The van der Waals surface area contributed by atoms with Gasteiger partial charge in [-0.2, -0.15) is 0 Å². The van der Waals surface area contributed by atoms with Crippen LogP contribution in [0.2, 0.25) is 0 Å². The molecule has 1 aromatic rings. The van der Waals surface area contributed by atoms with Crippen LogP contribution in [0.3, 0.4) is 0 Å². The Bertz CT molecular complexity index is 561. The van der Waals surface area contributed by atoms with E-state index in [2.05, 4.69) is 5.32 Å². The number of rotatable bonds is 6. The van der Waals surface area contributed by atoms with Gasteiger partial charge in [0.1, 0.15) is 0 Å². The smallest absolute Gasteiger partial charge is 0.253 e. The summed E-state index contributed by atoms with van der Waals surface area (Å²) >= 11 is 0. The summed E-state index contributed by atoms with van der Waals surface area (Å²) in [7, 11) is 0. The zero-order chi connectivity index (χ0) is 17.6. The number of benzene rings is 1. The van der Waals surface area contributed by atoms with E-state index in [4.69, 9.17) is 0 Å². The van der Waals surface area contributed by atoms with Crippen LogP contribution in [0.1, 0.15) is 49.9 Å². The van der Waals surface area contributed by atoms with Crippen molar-refractivity contribution in [2.45, 2.75) is 45.1 Å². The summed E-state index contributed by atoms with van der Waals surface area (Å²) in [5.41, 5.74) is 0.273. The number of likely N-dealkylation sites (tertiary alicyclic amines) is 1. The number of piperidine rings is 1. The molecule has 2 atom stereocenters. The second-order valence-electron chi connectivity index (χ2n) is 6.83. The maximum absolute atomic E-state index is 12.6. The summed E-state index contributed by atoms with van der Waals surface area (Å²) in [5.74, 6) is -0.212. The minimum atomic E-state index is -0.391. The summed E-state index contributed by atoms with van der Waals surface area (Å²) in [6.45, 7) is 5.16. The number of nitrogens with one attached hydrogen (secondary N) is 1. The fourth-order valence-electron chi connectivity index (χ4n) is 3.11. The molecule has 2 N–H and O–H groups in total. The van der Waals surface area contributed by atoms with Crippen LogP contribution in [-0.4, -0.2) is 47.1 Å². The van der Waals surface area contributed by atoms with Gasteiger partial charge in [-0.1, -0.05) is 25.1 Å². The lowest BCUT2D eigenvalue weighted by Crippen LogP contribution is -2.52. The molecule has 1 heterocycles. The topological polar surface area (TPSA) is 69.6 Å². The van der Waals surface area contributed by atoms with Gasteiger partial charge in [0.25, 0.3) is 5.91 Å². The van der Waals surface area contributed by atoms with Gasteiger partial charge in [0.05, 0.1) is 5.92 Å². The van der Waals surface area contributed by atoms with Gasteiger partial charge in [-0.25, -0.2) is 0 Å². The van der Waals surface area contributed by atoms with Gasteiger partial charge in [-0.05, 0) is 44.7 Å². The maximum Gasteiger partial charge on any atom is 0.253 e. The van der Waals surface area contributed by atoms with Crippen LogP contribution in [0.25, 0.3) is 0 Å². The largest absolute Gasteiger partial charge is 0.396 e. The second-order valence-corrected chi connectivity index (χ2v) is 6.83. The molecule has 2 amide bonds. The molecule has 0 bridgehead atoms. The summed E-state index contributed by atoms with van der Waals surface area (Å²) < 4.78 is 0. The molecule has 2 rings (SSSR count). The van der Waals surface area contributed by atoms with Crippen LogP contribution in [0.15, 0.2) is 30.3 Å². The molecule has 5 heteroatoms. The minimum Gasteiger partial charge on any atom is -0.396 e. The molecular weight excluding hydrogens is 304 g/mol. The van der Waals surface area contributed by atoms with Crippen molar-refractivity contribution >= 4 is 11.8 Å². The number of carbonyl (C=O) groups excluding carboxylic acids is 2. The molecule has 2 unspecified atom stereocenters. The molecule has 1 aliphatic heterocycles. The van der Waals surface area contributed by atoms with Gasteiger partial charge in [0.15, 0.2) is 0 Å². The first-order valence-electron chi connectivity index (χ1n) is 8.76. The second kappa shape index (κ2) is 8.29. The Morgan fingerprint density at radius 1 is 1.33 bits per heavy atom. The minimum absolute atomic E-state index is 0.0123. The van der Waals surface area contributed by atoms with Crippen molar-refractivity contribution in [3.8, 4) is 0 Å². The lowest BCUT2D eigenvalue weighted by molar-refractivity contribution is -0.128. The Balaban J connectivity index is 2.00. The summed E-state index contributed by atoms with van der Waals surface area (Å²) in [4.78, 5) is 27.0. The van der Waals surface area contributed by atoms with E-state index in [0.717, 1.165) is 19.3 Å². The van der Waals surface area contributed by atoms with E-state index < -0.39 is 5.54 Å². The molecule has 0 spiro atoms. The average Bonchev–Trinajstić information content (AvgIpc) is 2.62. The van der Waals surface area contributed by atoms with Crippen molar-refractivity contribution in [1.29, 1.82) is 0 Å². The van der Waals surface area contributed by atoms with Crippen molar-refractivity contribution in [3.63, 3.8) is 0 Å². The van der Waals surface area contributed by atoms with Crippen molar-refractivity contribution in [2.24, 2.45) is 5.92 Å². The van der Waals surface area contributed by atoms with E-state index in [0.29, 0.717) is 25.1 Å². The number of hydrogen-bond donors (Lipinski definition) is 2. The van der Waals surface area contributed by atoms with Crippen molar-refractivity contribution in [2.75, 3.05) is 19.7 Å². The molecule has 0 saturated carbocycles. The van der Waals surface area contributed by atoms with Gasteiger partial charge in [0, 0.05) is 30.8 Å². The number of nitrogens with zero attached hydrogens (tertiary/aromatic N) is 1. The molecule has 5 nitrogen and oxygen atoms in total. The fraction of sp³-hybridized carbons (Fsp3) is 0.579. The zero-order valence-electron chi connectivity index (χ0n) is 14.6. The summed E-state index contributed by atoms with van der Waals surface area (Å²) in [6.07, 6.45) is 2.93. The first-order valence-corrected chi connectivity index (χ1v) is 8.76. The lowest BCUT2D eigenvalue weighted by atomic mass is 9.91. The highest BCUT2D eigenvalue weighted by atomic mass is 16.3. The molecule has 1 saturated heterocycles. The third-order valence-electron chi connectivity index (χ3n) is 4.97. The normalized spacial score (nSPS) is 20.3. The van der Waals surface area contributed by atoms with Gasteiger partial charge >= 0.3 is 0 Å². The van der Waals surface area contributed by atoms with E-state index in [1.54, 1.807) is 17.0 Å². The standard InChI is InChI=1S/C19H28N2O3/c1-3-19(2,11-13-22)20-17(23)16-10-7-12-21(14-16)18(24)15-8-5-4-6-9-15/h4-6,8-9,16,22H,3,7,10-14H2,1-2H3,(H,20,23). The Kier molecular flexibility index (Phi) is 6.37. The van der Waals surface area contributed by atoms with Crippen molar-refractivity contribution < 1.29 is 14.7 Å². The number of amides is 2. The molecule has 0 aliphatic carbocycles.